The van der Waals surface area contributed by atoms with Crippen LogP contribution in [-0.4, -0.2) is 19.0 Å². The number of aryl methyl sites for hydroxylation is 1. The Morgan fingerprint density at radius 3 is 2.80 bits per heavy atom. The minimum Gasteiger partial charge on any atom is -0.371 e. The van der Waals surface area contributed by atoms with Crippen molar-refractivity contribution in [3.8, 4) is 0 Å². The lowest BCUT2D eigenvalue weighted by atomic mass is 9.98. The molecule has 1 aromatic carbocycles. The Balaban J connectivity index is 2.60. The molecule has 15 heavy (non-hydrogen) atoms. The molecule has 0 aliphatic carbocycles. The van der Waals surface area contributed by atoms with Crippen molar-refractivity contribution in [2.45, 2.75) is 25.4 Å². The molecule has 0 aliphatic rings. The number of methoxy groups -OCH3 is 1. The number of carbonyl (C=O) groups excluding carboxylic acids is 1. The zero-order valence-electron chi connectivity index (χ0n) is 9.00. The van der Waals surface area contributed by atoms with E-state index in [-0.39, 0.29) is 0 Å². The minimum absolute atomic E-state index is 0.660. The van der Waals surface area contributed by atoms with Crippen LogP contribution in [0, 0.1) is 0 Å². The van der Waals surface area contributed by atoms with Gasteiger partial charge in [0.05, 0.1) is 0 Å². The summed E-state index contributed by atoms with van der Waals surface area (Å²) in [6, 6.07) is 7.64. The van der Waals surface area contributed by atoms with Crippen LogP contribution >= 0.6 is 11.6 Å². The van der Waals surface area contributed by atoms with Gasteiger partial charge in [-0.15, -0.1) is 0 Å². The molecular formula is C12H15ClO2. The van der Waals surface area contributed by atoms with Gasteiger partial charge in [0.2, 0.25) is 0 Å². The molecule has 82 valence electrons. The van der Waals surface area contributed by atoms with Gasteiger partial charge in [-0.25, -0.2) is 0 Å². The van der Waals surface area contributed by atoms with E-state index in [2.05, 4.69) is 0 Å². The number of aldehydes is 1. The van der Waals surface area contributed by atoms with Crippen LogP contribution in [0.4, 0.5) is 0 Å². The summed E-state index contributed by atoms with van der Waals surface area (Å²) in [7, 11) is 1.55. The van der Waals surface area contributed by atoms with Crippen molar-refractivity contribution in [1.82, 2.24) is 0 Å². The van der Waals surface area contributed by atoms with E-state index >= 15 is 0 Å². The molecule has 0 aliphatic heterocycles. The van der Waals surface area contributed by atoms with Crippen molar-refractivity contribution in [3.63, 3.8) is 0 Å². The quantitative estimate of drug-likeness (QED) is 0.722. The summed E-state index contributed by atoms with van der Waals surface area (Å²) in [5.74, 6) is 0. The Morgan fingerprint density at radius 1 is 1.53 bits per heavy atom. The molecule has 0 spiro atoms. The summed E-state index contributed by atoms with van der Waals surface area (Å²) in [5.41, 5.74) is 0.426. The Hall–Kier alpha value is -0.860. The van der Waals surface area contributed by atoms with Crippen LogP contribution in [0.3, 0.4) is 0 Å². The van der Waals surface area contributed by atoms with Gasteiger partial charge in [0.15, 0.2) is 6.29 Å². The number of rotatable bonds is 5. The third kappa shape index (κ3) is 3.65. The van der Waals surface area contributed by atoms with E-state index in [0.29, 0.717) is 6.42 Å². The average Bonchev–Trinajstić information content (AvgIpc) is 2.26. The number of hydrogen-bond acceptors (Lipinski definition) is 2. The van der Waals surface area contributed by atoms with E-state index in [4.69, 9.17) is 16.3 Å². The van der Waals surface area contributed by atoms with E-state index < -0.39 is 5.60 Å². The van der Waals surface area contributed by atoms with Gasteiger partial charge < -0.3 is 9.53 Å². The molecule has 1 unspecified atom stereocenters. The predicted molar refractivity (Wildman–Crippen MR) is 61.3 cm³/mol. The second-order valence-corrected chi connectivity index (χ2v) is 4.20. The minimum atomic E-state index is -0.692. The van der Waals surface area contributed by atoms with Gasteiger partial charge in [-0.2, -0.15) is 0 Å². The number of carbonyl (C=O) groups is 1. The highest BCUT2D eigenvalue weighted by atomic mass is 35.5. The van der Waals surface area contributed by atoms with Crippen LogP contribution in [0.5, 0.6) is 0 Å². The molecule has 0 saturated heterocycles. The Morgan fingerprint density at radius 2 is 2.27 bits per heavy atom. The molecule has 0 radical (unpaired) electrons. The fourth-order valence-electron chi connectivity index (χ4n) is 1.29. The molecule has 3 heteroatoms. The Bertz CT molecular complexity index is 338. The zero-order chi connectivity index (χ0) is 11.3. The fourth-order valence-corrected chi connectivity index (χ4v) is 1.51. The summed E-state index contributed by atoms with van der Waals surface area (Å²) < 4.78 is 5.14. The van der Waals surface area contributed by atoms with Gasteiger partial charge >= 0.3 is 0 Å². The van der Waals surface area contributed by atoms with Gasteiger partial charge in [-0.1, -0.05) is 23.7 Å². The van der Waals surface area contributed by atoms with Gasteiger partial charge in [-0.3, -0.25) is 0 Å². The second kappa shape index (κ2) is 5.29. The molecule has 0 heterocycles. The van der Waals surface area contributed by atoms with Crippen molar-refractivity contribution in [1.29, 1.82) is 0 Å². The molecule has 2 nitrogen and oxygen atoms in total. The number of halogens is 1. The highest BCUT2D eigenvalue weighted by molar-refractivity contribution is 6.30. The molecule has 0 bridgehead atoms. The third-order valence-corrected chi connectivity index (χ3v) is 2.75. The van der Waals surface area contributed by atoms with Crippen LogP contribution < -0.4 is 0 Å². The number of hydrogen-bond donors (Lipinski definition) is 0. The molecule has 1 rings (SSSR count). The lowest BCUT2D eigenvalue weighted by Gasteiger charge is -2.20. The monoisotopic (exact) mass is 226 g/mol. The molecule has 1 atom stereocenters. The first kappa shape index (κ1) is 12.2. The molecular weight excluding hydrogens is 212 g/mol. The third-order valence-electron chi connectivity index (χ3n) is 2.51. The van der Waals surface area contributed by atoms with E-state index in [0.717, 1.165) is 23.3 Å². The number of benzene rings is 1. The SMILES string of the molecule is COC(C)(C=O)CCc1cccc(Cl)c1. The average molecular weight is 227 g/mol. The van der Waals surface area contributed by atoms with Gasteiger partial charge in [0.25, 0.3) is 0 Å². The predicted octanol–water partition coefficient (Wildman–Crippen LogP) is 2.88. The highest BCUT2D eigenvalue weighted by Crippen LogP contribution is 2.17. The van der Waals surface area contributed by atoms with E-state index in [1.807, 2.05) is 24.3 Å². The maximum absolute atomic E-state index is 10.8. The standard InChI is InChI=1S/C12H15ClO2/c1-12(9-14,15-2)7-6-10-4-3-5-11(13)8-10/h3-5,8-9H,6-7H2,1-2H3. The van der Waals surface area contributed by atoms with E-state index in [1.165, 1.54) is 0 Å². The zero-order valence-corrected chi connectivity index (χ0v) is 9.75. The fraction of sp³-hybridized carbons (Fsp3) is 0.417. The maximum atomic E-state index is 10.8. The van der Waals surface area contributed by atoms with E-state index in [9.17, 15) is 4.79 Å². The van der Waals surface area contributed by atoms with Crippen LogP contribution in [0.1, 0.15) is 18.9 Å². The summed E-state index contributed by atoms with van der Waals surface area (Å²) >= 11 is 5.86. The first-order valence-electron chi connectivity index (χ1n) is 4.85. The molecule has 0 aromatic heterocycles. The Kier molecular flexibility index (Phi) is 4.30. The topological polar surface area (TPSA) is 26.3 Å². The summed E-state index contributed by atoms with van der Waals surface area (Å²) in [4.78, 5) is 10.8. The lowest BCUT2D eigenvalue weighted by molar-refractivity contribution is -0.126. The van der Waals surface area contributed by atoms with Crippen molar-refractivity contribution in [3.05, 3.63) is 34.9 Å². The van der Waals surface area contributed by atoms with Crippen molar-refractivity contribution < 1.29 is 9.53 Å². The van der Waals surface area contributed by atoms with Gasteiger partial charge in [-0.05, 0) is 37.5 Å². The summed E-state index contributed by atoms with van der Waals surface area (Å²) in [5, 5.41) is 0.720. The van der Waals surface area contributed by atoms with Crippen molar-refractivity contribution >= 4 is 17.9 Å². The van der Waals surface area contributed by atoms with Crippen LogP contribution in [0.2, 0.25) is 5.02 Å². The molecule has 1 aromatic rings. The molecule has 0 N–H and O–H groups in total. The highest BCUT2D eigenvalue weighted by Gasteiger charge is 2.21. The van der Waals surface area contributed by atoms with Gasteiger partial charge in [0.1, 0.15) is 5.60 Å². The molecule has 0 fully saturated rings. The summed E-state index contributed by atoms with van der Waals surface area (Å²) in [6.45, 7) is 1.78. The van der Waals surface area contributed by atoms with Crippen LogP contribution in [0.15, 0.2) is 24.3 Å². The van der Waals surface area contributed by atoms with Gasteiger partial charge in [0, 0.05) is 12.1 Å². The molecule has 0 amide bonds. The molecule has 0 saturated carbocycles. The first-order valence-corrected chi connectivity index (χ1v) is 5.23. The number of ether oxygens (including phenoxy) is 1. The normalized spacial score (nSPS) is 14.6. The summed E-state index contributed by atoms with van der Waals surface area (Å²) in [6.07, 6.45) is 2.29. The maximum Gasteiger partial charge on any atom is 0.151 e. The lowest BCUT2D eigenvalue weighted by Crippen LogP contribution is -2.29. The smallest absolute Gasteiger partial charge is 0.151 e. The Labute approximate surface area is 95.2 Å². The largest absolute Gasteiger partial charge is 0.371 e. The van der Waals surface area contributed by atoms with Crippen molar-refractivity contribution in [2.75, 3.05) is 7.11 Å². The first-order chi connectivity index (χ1) is 7.09. The van der Waals surface area contributed by atoms with Crippen LogP contribution in [0.25, 0.3) is 0 Å². The van der Waals surface area contributed by atoms with Crippen molar-refractivity contribution in [2.24, 2.45) is 0 Å². The van der Waals surface area contributed by atoms with Crippen LogP contribution in [-0.2, 0) is 16.0 Å². The van der Waals surface area contributed by atoms with E-state index in [1.54, 1.807) is 14.0 Å². The second-order valence-electron chi connectivity index (χ2n) is 3.76.